The normalized spacial score (nSPS) is 25.1. The maximum Gasteiger partial charge on any atom is 0.229 e. The van der Waals surface area contributed by atoms with Crippen LogP contribution in [0.1, 0.15) is 22.8 Å². The van der Waals surface area contributed by atoms with E-state index in [1.54, 1.807) is 49.3 Å². The standard InChI is InChI=1S/C53H47N7O11/c61-25-40-46(63)47(64)49(66)53(69-40)71-51-41(26-62)70-52(50(67)48(51)65)68-39-4-2-1-3-30(39)45-37-11-9-35(59-37)43(28-15-21-55-22-16-28)33-7-5-31(57-33)42(27-13-19-54-20-14-27)32-6-8-34(58-32)44(29-17-23-56-24-18-29)36-10-12-38(45)60-36/h1-24,40-41,46-53,57-58,61-67H,25-26H2/t40-,41-,46+,47+,48-,49-,50-,51-,52-,53+/m1/s1. The van der Waals surface area contributed by atoms with Crippen molar-refractivity contribution >= 4 is 46.4 Å². The fourth-order valence-electron chi connectivity index (χ4n) is 9.51. The maximum atomic E-state index is 11.6. The van der Waals surface area contributed by atoms with Crippen molar-refractivity contribution in [3.05, 3.63) is 145 Å². The lowest BCUT2D eigenvalue weighted by Crippen LogP contribution is -2.65. The minimum absolute atomic E-state index is 0.200. The number of hydrogen-bond donors (Lipinski definition) is 9. The molecule has 11 rings (SSSR count). The Morgan fingerprint density at radius 3 is 1.39 bits per heavy atom. The molecule has 10 heterocycles. The van der Waals surface area contributed by atoms with Crippen LogP contribution in [0.4, 0.5) is 0 Å². The van der Waals surface area contributed by atoms with Gasteiger partial charge in [-0.2, -0.15) is 0 Å². The van der Waals surface area contributed by atoms with Crippen LogP contribution >= 0.6 is 0 Å². The zero-order valence-corrected chi connectivity index (χ0v) is 37.5. The van der Waals surface area contributed by atoms with Gasteiger partial charge in [0, 0.05) is 87.1 Å². The van der Waals surface area contributed by atoms with E-state index in [1.165, 1.54) is 0 Å². The lowest BCUT2D eigenvalue weighted by molar-refractivity contribution is -0.352. The van der Waals surface area contributed by atoms with Gasteiger partial charge in [0.25, 0.3) is 0 Å². The second-order valence-electron chi connectivity index (χ2n) is 17.3. The second-order valence-corrected chi connectivity index (χ2v) is 17.3. The van der Waals surface area contributed by atoms with Crippen molar-refractivity contribution in [3.63, 3.8) is 0 Å². The molecule has 9 N–H and O–H groups in total. The highest BCUT2D eigenvalue weighted by atomic mass is 16.7. The van der Waals surface area contributed by atoms with Crippen LogP contribution in [0, 0.1) is 0 Å². The Balaban J connectivity index is 1.08. The molecule has 7 aromatic rings. The molecule has 71 heavy (non-hydrogen) atoms. The van der Waals surface area contributed by atoms with E-state index in [9.17, 15) is 35.7 Å². The first-order valence-electron chi connectivity index (χ1n) is 22.9. The fourth-order valence-corrected chi connectivity index (χ4v) is 9.51. The van der Waals surface area contributed by atoms with E-state index in [0.29, 0.717) is 33.9 Å². The minimum Gasteiger partial charge on any atom is -0.461 e. The molecule has 10 atom stereocenters. The predicted molar refractivity (Wildman–Crippen MR) is 261 cm³/mol. The number of fused-ring (bicyclic) bond motifs is 8. The quantitative estimate of drug-likeness (QED) is 0.0912. The minimum atomic E-state index is -1.82. The first-order valence-corrected chi connectivity index (χ1v) is 22.9. The Kier molecular flexibility index (Phi) is 12.6. The van der Waals surface area contributed by atoms with Crippen LogP contribution in [0.2, 0.25) is 0 Å². The van der Waals surface area contributed by atoms with E-state index in [-0.39, 0.29) is 5.75 Å². The number of aliphatic hydroxyl groups is 7. The average molecular weight is 958 g/mol. The third-order valence-corrected chi connectivity index (χ3v) is 13.0. The summed E-state index contributed by atoms with van der Waals surface area (Å²) in [6.07, 6.45) is 1.75. The zero-order valence-electron chi connectivity index (χ0n) is 37.5. The third kappa shape index (κ3) is 8.61. The predicted octanol–water partition coefficient (Wildman–Crippen LogP) is 4.51. The van der Waals surface area contributed by atoms with Crippen LogP contribution in [0.5, 0.6) is 5.75 Å². The summed E-state index contributed by atoms with van der Waals surface area (Å²) in [6, 6.07) is 26.8. The van der Waals surface area contributed by atoms with Crippen molar-refractivity contribution in [1.29, 1.82) is 0 Å². The number of pyridine rings is 3. The van der Waals surface area contributed by atoms with Crippen molar-refractivity contribution < 1.29 is 54.7 Å². The number of aliphatic hydroxyl groups excluding tert-OH is 7. The van der Waals surface area contributed by atoms with Crippen LogP contribution in [-0.4, -0.2) is 145 Å². The fraction of sp³-hybridized carbons (Fsp3) is 0.226. The van der Waals surface area contributed by atoms with E-state index >= 15 is 0 Å². The second kappa shape index (κ2) is 19.5. The lowest BCUT2D eigenvalue weighted by Gasteiger charge is -2.45. The number of rotatable bonds is 10. The summed E-state index contributed by atoms with van der Waals surface area (Å²) in [5.74, 6) is 0.200. The van der Waals surface area contributed by atoms with Gasteiger partial charge in [0.15, 0.2) is 6.29 Å². The molecule has 0 aliphatic carbocycles. The Labute approximate surface area is 404 Å². The Bertz CT molecular complexity index is 3160. The van der Waals surface area contributed by atoms with Crippen molar-refractivity contribution in [3.8, 4) is 50.3 Å². The third-order valence-electron chi connectivity index (χ3n) is 13.0. The number of aromatic amines is 2. The highest BCUT2D eigenvalue weighted by Crippen LogP contribution is 2.42. The molecule has 0 spiro atoms. The van der Waals surface area contributed by atoms with E-state index < -0.39 is 74.6 Å². The van der Waals surface area contributed by atoms with E-state index in [1.807, 2.05) is 97.1 Å². The van der Waals surface area contributed by atoms with Gasteiger partial charge in [0.05, 0.1) is 36.0 Å². The van der Waals surface area contributed by atoms with Gasteiger partial charge in [-0.15, -0.1) is 0 Å². The molecule has 18 heteroatoms. The average Bonchev–Trinajstić information content (AvgIpc) is 4.26. The van der Waals surface area contributed by atoms with Gasteiger partial charge in [-0.1, -0.05) is 18.2 Å². The Hall–Kier alpha value is -7.33. The highest BCUT2D eigenvalue weighted by molar-refractivity contribution is 6.00. The largest absolute Gasteiger partial charge is 0.461 e. The Morgan fingerprint density at radius 1 is 0.451 bits per heavy atom. The summed E-state index contributed by atoms with van der Waals surface area (Å²) in [5, 5.41) is 74.7. The molecule has 4 aliphatic rings. The topological polar surface area (TPSA) is 275 Å². The highest BCUT2D eigenvalue weighted by Gasteiger charge is 2.51. The molecule has 0 radical (unpaired) electrons. The van der Waals surface area contributed by atoms with Gasteiger partial charge < -0.3 is 64.7 Å². The SMILES string of the molecule is OC[C@H]1O[C@@H](O[C@H]2[C@H](O)[C@@H](O)[C@H](Oc3ccccc3-c3c4nc(c(-c5ccncc5)c5ccc([nH]5)c(-c5ccncc5)c5ccc([nH]5)c(-c5ccncc5)c5nc3C=C5)C=C4)O[C@@H]2CO)[C@H](O)[C@@H](O)[C@H]1O. The van der Waals surface area contributed by atoms with Gasteiger partial charge in [0.2, 0.25) is 6.29 Å². The number of aromatic nitrogens is 7. The summed E-state index contributed by atoms with van der Waals surface area (Å²) in [6.45, 7) is -1.47. The molecule has 0 unspecified atom stereocenters. The summed E-state index contributed by atoms with van der Waals surface area (Å²) in [5.41, 5.74) is 11.8. The van der Waals surface area contributed by atoms with Crippen LogP contribution in [0.3, 0.4) is 0 Å². The van der Waals surface area contributed by atoms with Gasteiger partial charge in [-0.05, 0) is 108 Å². The van der Waals surface area contributed by atoms with Crippen LogP contribution in [0.15, 0.2) is 122 Å². The number of nitrogens with zero attached hydrogens (tertiary/aromatic N) is 5. The first-order chi connectivity index (χ1) is 34.7. The molecule has 0 saturated carbocycles. The van der Waals surface area contributed by atoms with Crippen LogP contribution in [0.25, 0.3) is 90.9 Å². The van der Waals surface area contributed by atoms with E-state index in [0.717, 1.165) is 55.4 Å². The summed E-state index contributed by atoms with van der Waals surface area (Å²) in [4.78, 5) is 31.0. The van der Waals surface area contributed by atoms with E-state index in [4.69, 9.17) is 28.9 Å². The van der Waals surface area contributed by atoms with E-state index in [2.05, 4.69) is 24.9 Å². The molecular formula is C53H47N7O11. The smallest absolute Gasteiger partial charge is 0.229 e. The molecule has 2 saturated heterocycles. The van der Waals surface area contributed by atoms with Gasteiger partial charge >= 0.3 is 0 Å². The number of H-pyrrole nitrogens is 2. The molecule has 6 aromatic heterocycles. The summed E-state index contributed by atoms with van der Waals surface area (Å²) in [7, 11) is 0. The summed E-state index contributed by atoms with van der Waals surface area (Å²) < 4.78 is 23.9. The molecule has 4 aliphatic heterocycles. The molecule has 1 aromatic carbocycles. The molecule has 2 fully saturated rings. The van der Waals surface area contributed by atoms with Crippen molar-refractivity contribution in [1.82, 2.24) is 34.9 Å². The van der Waals surface area contributed by atoms with Gasteiger partial charge in [-0.3, -0.25) is 15.0 Å². The van der Waals surface area contributed by atoms with Crippen molar-refractivity contribution in [2.75, 3.05) is 13.2 Å². The molecule has 18 nitrogen and oxygen atoms in total. The Morgan fingerprint density at radius 2 is 0.887 bits per heavy atom. The zero-order chi connectivity index (χ0) is 48.8. The first kappa shape index (κ1) is 46.1. The molecule has 360 valence electrons. The lowest BCUT2D eigenvalue weighted by atomic mass is 9.97. The van der Waals surface area contributed by atoms with Crippen LogP contribution in [-0.2, 0) is 14.2 Å². The number of ether oxygens (including phenoxy) is 4. The molecule has 0 amide bonds. The number of hydrogen-bond acceptors (Lipinski definition) is 16. The number of nitrogens with one attached hydrogen (secondary N) is 2. The maximum absolute atomic E-state index is 11.6. The summed E-state index contributed by atoms with van der Waals surface area (Å²) >= 11 is 0. The van der Waals surface area contributed by atoms with Gasteiger partial charge in [-0.25, -0.2) is 9.97 Å². The van der Waals surface area contributed by atoms with Crippen molar-refractivity contribution in [2.24, 2.45) is 0 Å². The number of para-hydroxylation sites is 1. The molecular weight excluding hydrogens is 911 g/mol. The monoisotopic (exact) mass is 957 g/mol. The van der Waals surface area contributed by atoms with Gasteiger partial charge in [0.1, 0.15) is 54.6 Å². The van der Waals surface area contributed by atoms with Crippen molar-refractivity contribution in [2.45, 2.75) is 61.4 Å². The number of benzene rings is 1. The molecule has 8 bridgehead atoms. The van der Waals surface area contributed by atoms with Crippen LogP contribution < -0.4 is 4.74 Å².